The van der Waals surface area contributed by atoms with Gasteiger partial charge in [-0.05, 0) is 34.1 Å². The first kappa shape index (κ1) is 12.6. The van der Waals surface area contributed by atoms with Crippen LogP contribution < -0.4 is 11.0 Å². The Kier molecular flexibility index (Phi) is 3.93. The first-order valence-corrected chi connectivity index (χ1v) is 6.01. The number of amides is 1. The van der Waals surface area contributed by atoms with E-state index >= 15 is 0 Å². The number of furan rings is 1. The highest BCUT2D eigenvalue weighted by molar-refractivity contribution is 9.10. The number of nitrogens with zero attached hydrogens (tertiary/aromatic N) is 2. The minimum atomic E-state index is -0.340. The topological polar surface area (TPSA) is 77.1 Å². The highest BCUT2D eigenvalue weighted by Crippen LogP contribution is 2.13. The Morgan fingerprint density at radius 1 is 1.50 bits per heavy atom. The molecular weight excluding hydrogens is 302 g/mol. The van der Waals surface area contributed by atoms with E-state index in [2.05, 4.69) is 26.2 Å². The molecule has 2 aromatic heterocycles. The van der Waals surface area contributed by atoms with Crippen molar-refractivity contribution >= 4 is 21.8 Å². The number of carbonyl (C=O) groups excluding carboxylic acids is 1. The van der Waals surface area contributed by atoms with E-state index in [1.54, 1.807) is 24.4 Å². The maximum Gasteiger partial charge on any atom is 0.347 e. The third-order valence-electron chi connectivity index (χ3n) is 2.22. The standard InChI is InChI=1S/C11H10BrN3O3/c12-9-3-2-8(18-9)10(16)13-5-7-15-6-1-4-14-11(15)17/h1-4,6H,5,7H2,(H,13,16). The fourth-order valence-corrected chi connectivity index (χ4v) is 1.68. The lowest BCUT2D eigenvalue weighted by Gasteiger charge is -2.05. The Labute approximate surface area is 111 Å². The van der Waals surface area contributed by atoms with Crippen LogP contribution in [0.2, 0.25) is 0 Å². The molecule has 0 aromatic carbocycles. The summed E-state index contributed by atoms with van der Waals surface area (Å²) in [6.07, 6.45) is 3.04. The van der Waals surface area contributed by atoms with Crippen LogP contribution in [0.25, 0.3) is 0 Å². The molecule has 0 aliphatic heterocycles. The second-order valence-corrected chi connectivity index (χ2v) is 4.24. The van der Waals surface area contributed by atoms with Crippen LogP contribution in [0.1, 0.15) is 10.6 Å². The molecule has 18 heavy (non-hydrogen) atoms. The second-order valence-electron chi connectivity index (χ2n) is 3.46. The third-order valence-corrected chi connectivity index (χ3v) is 2.64. The van der Waals surface area contributed by atoms with Gasteiger partial charge in [-0.25, -0.2) is 9.78 Å². The zero-order valence-electron chi connectivity index (χ0n) is 9.30. The molecule has 0 saturated heterocycles. The predicted molar refractivity (Wildman–Crippen MR) is 67.2 cm³/mol. The van der Waals surface area contributed by atoms with Gasteiger partial charge in [0.25, 0.3) is 5.91 Å². The summed E-state index contributed by atoms with van der Waals surface area (Å²) < 4.78 is 7.01. The molecule has 0 aliphatic rings. The predicted octanol–water partition coefficient (Wildman–Crippen LogP) is 1.03. The van der Waals surface area contributed by atoms with Gasteiger partial charge < -0.3 is 9.73 Å². The van der Waals surface area contributed by atoms with Crippen molar-refractivity contribution < 1.29 is 9.21 Å². The van der Waals surface area contributed by atoms with Crippen molar-refractivity contribution in [1.82, 2.24) is 14.9 Å². The first-order valence-electron chi connectivity index (χ1n) is 5.22. The molecule has 0 unspecified atom stereocenters. The zero-order valence-corrected chi connectivity index (χ0v) is 10.9. The molecule has 0 saturated carbocycles. The van der Waals surface area contributed by atoms with Crippen molar-refractivity contribution in [2.24, 2.45) is 0 Å². The second kappa shape index (κ2) is 5.63. The van der Waals surface area contributed by atoms with Gasteiger partial charge in [0.15, 0.2) is 10.4 Å². The molecule has 1 amide bonds. The Balaban J connectivity index is 1.88. The summed E-state index contributed by atoms with van der Waals surface area (Å²) in [5.41, 5.74) is -0.340. The SMILES string of the molecule is O=C(NCCn1cccnc1=O)c1ccc(Br)o1. The lowest BCUT2D eigenvalue weighted by molar-refractivity contribution is 0.0923. The minimum absolute atomic E-state index is 0.223. The van der Waals surface area contributed by atoms with Crippen molar-refractivity contribution in [3.63, 3.8) is 0 Å². The number of halogens is 1. The molecule has 94 valence electrons. The van der Waals surface area contributed by atoms with E-state index in [0.717, 1.165) is 0 Å². The van der Waals surface area contributed by atoms with Crippen molar-refractivity contribution in [2.75, 3.05) is 6.54 Å². The number of rotatable bonds is 4. The Hall–Kier alpha value is -1.89. The van der Waals surface area contributed by atoms with Crippen LogP contribution in [-0.2, 0) is 6.54 Å². The molecule has 0 spiro atoms. The third kappa shape index (κ3) is 3.07. The van der Waals surface area contributed by atoms with Gasteiger partial charge >= 0.3 is 5.69 Å². The van der Waals surface area contributed by atoms with Gasteiger partial charge in [0.1, 0.15) is 0 Å². The van der Waals surface area contributed by atoms with Gasteiger partial charge in [-0.3, -0.25) is 9.36 Å². The van der Waals surface area contributed by atoms with E-state index in [4.69, 9.17) is 4.42 Å². The molecule has 7 heteroatoms. The van der Waals surface area contributed by atoms with Gasteiger partial charge in [0.2, 0.25) is 0 Å². The molecule has 1 N–H and O–H groups in total. The first-order chi connectivity index (χ1) is 8.66. The van der Waals surface area contributed by atoms with Crippen molar-refractivity contribution in [1.29, 1.82) is 0 Å². The molecular formula is C11H10BrN3O3. The summed E-state index contributed by atoms with van der Waals surface area (Å²) in [5.74, 6) is -0.0990. The number of hydrogen-bond donors (Lipinski definition) is 1. The number of nitrogens with one attached hydrogen (secondary N) is 1. The van der Waals surface area contributed by atoms with Gasteiger partial charge in [-0.15, -0.1) is 0 Å². The quantitative estimate of drug-likeness (QED) is 0.915. The highest BCUT2D eigenvalue weighted by atomic mass is 79.9. The monoisotopic (exact) mass is 311 g/mol. The van der Waals surface area contributed by atoms with E-state index in [1.165, 1.54) is 10.8 Å². The maximum atomic E-state index is 11.6. The maximum absolute atomic E-state index is 11.6. The van der Waals surface area contributed by atoms with Crippen molar-refractivity contribution in [3.8, 4) is 0 Å². The van der Waals surface area contributed by atoms with Crippen LogP contribution >= 0.6 is 15.9 Å². The summed E-state index contributed by atoms with van der Waals surface area (Å²) >= 11 is 3.11. The van der Waals surface area contributed by atoms with Gasteiger partial charge in [-0.1, -0.05) is 0 Å². The average molecular weight is 312 g/mol. The molecule has 2 heterocycles. The summed E-state index contributed by atoms with van der Waals surface area (Å²) in [6, 6.07) is 4.86. The molecule has 6 nitrogen and oxygen atoms in total. The van der Waals surface area contributed by atoms with E-state index in [1.807, 2.05) is 0 Å². The Morgan fingerprint density at radius 3 is 3.00 bits per heavy atom. The number of carbonyl (C=O) groups is 1. The molecule has 0 atom stereocenters. The number of aromatic nitrogens is 2. The normalized spacial score (nSPS) is 10.3. The molecule has 2 aromatic rings. The lowest BCUT2D eigenvalue weighted by Crippen LogP contribution is -2.31. The van der Waals surface area contributed by atoms with E-state index in [-0.39, 0.29) is 17.4 Å². The molecule has 2 rings (SSSR count). The lowest BCUT2D eigenvalue weighted by atomic mass is 10.4. The van der Waals surface area contributed by atoms with Gasteiger partial charge in [0, 0.05) is 25.5 Å². The summed E-state index contributed by atoms with van der Waals surface area (Å²) in [6.45, 7) is 0.684. The summed E-state index contributed by atoms with van der Waals surface area (Å²) in [4.78, 5) is 26.5. The molecule has 0 radical (unpaired) electrons. The molecule has 0 bridgehead atoms. The molecule has 0 aliphatic carbocycles. The fraction of sp³-hybridized carbons (Fsp3) is 0.182. The smallest absolute Gasteiger partial charge is 0.347 e. The average Bonchev–Trinajstić information content (AvgIpc) is 2.78. The Bertz CT molecular complexity index is 605. The summed E-state index contributed by atoms with van der Waals surface area (Å²) in [5, 5.41) is 2.65. The van der Waals surface area contributed by atoms with Crippen LogP contribution in [0.15, 0.2) is 44.5 Å². The minimum Gasteiger partial charge on any atom is -0.444 e. The van der Waals surface area contributed by atoms with Crippen LogP contribution in [0, 0.1) is 0 Å². The number of hydrogen-bond acceptors (Lipinski definition) is 4. The van der Waals surface area contributed by atoms with Gasteiger partial charge in [0.05, 0.1) is 0 Å². The zero-order chi connectivity index (χ0) is 13.0. The van der Waals surface area contributed by atoms with Gasteiger partial charge in [-0.2, -0.15) is 0 Å². The van der Waals surface area contributed by atoms with E-state index in [9.17, 15) is 9.59 Å². The van der Waals surface area contributed by atoms with Crippen molar-refractivity contribution in [3.05, 3.63) is 51.5 Å². The fourth-order valence-electron chi connectivity index (χ4n) is 1.37. The van der Waals surface area contributed by atoms with Crippen LogP contribution in [0.4, 0.5) is 0 Å². The van der Waals surface area contributed by atoms with E-state index < -0.39 is 0 Å². The van der Waals surface area contributed by atoms with Crippen molar-refractivity contribution in [2.45, 2.75) is 6.54 Å². The van der Waals surface area contributed by atoms with Crippen LogP contribution in [0.5, 0.6) is 0 Å². The van der Waals surface area contributed by atoms with Crippen LogP contribution in [-0.4, -0.2) is 22.0 Å². The van der Waals surface area contributed by atoms with E-state index in [0.29, 0.717) is 17.8 Å². The molecule has 0 fully saturated rings. The Morgan fingerprint density at radius 2 is 2.33 bits per heavy atom. The summed E-state index contributed by atoms with van der Waals surface area (Å²) in [7, 11) is 0. The highest BCUT2D eigenvalue weighted by Gasteiger charge is 2.09. The van der Waals surface area contributed by atoms with Crippen LogP contribution in [0.3, 0.4) is 0 Å². The largest absolute Gasteiger partial charge is 0.444 e.